The molecule has 1 aliphatic rings. The minimum absolute atomic E-state index is 0.0610. The molecule has 182 valence electrons. The van der Waals surface area contributed by atoms with Gasteiger partial charge in [0, 0.05) is 46.8 Å². The number of fused-ring (bicyclic) bond motifs is 3. The Hall–Kier alpha value is -5.38. The molecule has 2 N–H and O–H groups in total. The summed E-state index contributed by atoms with van der Waals surface area (Å²) >= 11 is 0. The van der Waals surface area contributed by atoms with Crippen molar-refractivity contribution in [3.05, 3.63) is 127 Å². The number of nitrogens with one attached hydrogen (secondary N) is 2. The van der Waals surface area contributed by atoms with E-state index in [0.29, 0.717) is 28.9 Å². The van der Waals surface area contributed by atoms with E-state index in [9.17, 15) is 29.8 Å². The number of non-ortho nitro benzene ring substituents is 2. The molecule has 2 amide bonds. The fourth-order valence-corrected chi connectivity index (χ4v) is 4.23. The normalized spacial score (nSPS) is 11.2. The van der Waals surface area contributed by atoms with E-state index in [0.717, 1.165) is 22.3 Å². The summed E-state index contributed by atoms with van der Waals surface area (Å²) in [7, 11) is 0. The second kappa shape index (κ2) is 9.34. The molecule has 10 nitrogen and oxygen atoms in total. The summed E-state index contributed by atoms with van der Waals surface area (Å²) < 4.78 is 0. The van der Waals surface area contributed by atoms with E-state index < -0.39 is 9.85 Å². The van der Waals surface area contributed by atoms with E-state index >= 15 is 0 Å². The Balaban J connectivity index is 1.29. The average molecular weight is 494 g/mol. The molecule has 37 heavy (non-hydrogen) atoms. The number of rotatable bonds is 6. The minimum atomic E-state index is -0.505. The van der Waals surface area contributed by atoms with Gasteiger partial charge in [-0.05, 0) is 77.2 Å². The van der Waals surface area contributed by atoms with Gasteiger partial charge in [-0.3, -0.25) is 29.8 Å². The van der Waals surface area contributed by atoms with Crippen LogP contribution < -0.4 is 10.6 Å². The molecule has 5 rings (SSSR count). The molecule has 0 heterocycles. The number of anilines is 2. The molecule has 0 unspecified atom stereocenters. The van der Waals surface area contributed by atoms with Crippen molar-refractivity contribution >= 4 is 34.6 Å². The van der Waals surface area contributed by atoms with Crippen molar-refractivity contribution in [2.75, 3.05) is 10.6 Å². The maximum Gasteiger partial charge on any atom is 0.269 e. The van der Waals surface area contributed by atoms with Gasteiger partial charge >= 0.3 is 0 Å². The molecule has 0 fully saturated rings. The zero-order valence-electron chi connectivity index (χ0n) is 19.1. The first kappa shape index (κ1) is 23.4. The molecule has 0 radical (unpaired) electrons. The minimum Gasteiger partial charge on any atom is -0.322 e. The maximum absolute atomic E-state index is 12.7. The summed E-state index contributed by atoms with van der Waals surface area (Å²) in [5.41, 5.74) is 5.50. The van der Waals surface area contributed by atoms with Gasteiger partial charge in [-0.2, -0.15) is 0 Å². The van der Waals surface area contributed by atoms with Crippen molar-refractivity contribution in [2.24, 2.45) is 0 Å². The molecular weight excluding hydrogens is 476 g/mol. The molecular formula is C27H18N4O6. The molecule has 1 aliphatic carbocycles. The number of benzene rings is 4. The molecule has 0 aromatic heterocycles. The molecule has 0 aliphatic heterocycles. The van der Waals surface area contributed by atoms with Crippen LogP contribution in [-0.2, 0) is 6.42 Å². The Labute approximate surface area is 209 Å². The van der Waals surface area contributed by atoms with Crippen molar-refractivity contribution in [1.82, 2.24) is 0 Å². The highest BCUT2D eigenvalue weighted by Crippen LogP contribution is 2.37. The lowest BCUT2D eigenvalue weighted by molar-refractivity contribution is -0.385. The van der Waals surface area contributed by atoms with Gasteiger partial charge in [-0.1, -0.05) is 12.1 Å². The fourth-order valence-electron chi connectivity index (χ4n) is 4.23. The average Bonchev–Trinajstić information content (AvgIpc) is 3.26. The Bertz CT molecular complexity index is 1460. The third-order valence-corrected chi connectivity index (χ3v) is 6.08. The van der Waals surface area contributed by atoms with Crippen molar-refractivity contribution in [2.45, 2.75) is 6.42 Å². The highest BCUT2D eigenvalue weighted by atomic mass is 16.6. The lowest BCUT2D eigenvalue weighted by Gasteiger charge is -2.08. The topological polar surface area (TPSA) is 144 Å². The quantitative estimate of drug-likeness (QED) is 0.233. The van der Waals surface area contributed by atoms with E-state index in [-0.39, 0.29) is 23.2 Å². The van der Waals surface area contributed by atoms with Crippen molar-refractivity contribution < 1.29 is 19.4 Å². The Morgan fingerprint density at radius 2 is 0.973 bits per heavy atom. The summed E-state index contributed by atoms with van der Waals surface area (Å²) in [6.45, 7) is 0. The zero-order chi connectivity index (χ0) is 26.1. The highest BCUT2D eigenvalue weighted by molar-refractivity contribution is 6.06. The number of nitro benzene ring substituents is 2. The van der Waals surface area contributed by atoms with Gasteiger partial charge < -0.3 is 10.6 Å². The number of amides is 2. The van der Waals surface area contributed by atoms with Gasteiger partial charge in [0.05, 0.1) is 9.85 Å². The van der Waals surface area contributed by atoms with Crippen LogP contribution in [0.15, 0.2) is 84.9 Å². The predicted molar refractivity (Wildman–Crippen MR) is 137 cm³/mol. The molecule has 4 aromatic rings. The summed E-state index contributed by atoms with van der Waals surface area (Å²) in [5.74, 6) is -0.674. The van der Waals surface area contributed by atoms with E-state index in [2.05, 4.69) is 10.6 Å². The third-order valence-electron chi connectivity index (χ3n) is 6.08. The Morgan fingerprint density at radius 3 is 1.32 bits per heavy atom. The maximum atomic E-state index is 12.7. The van der Waals surface area contributed by atoms with Gasteiger partial charge in [-0.15, -0.1) is 0 Å². The molecule has 0 atom stereocenters. The SMILES string of the molecule is O=C(Nc1ccc([N+](=O)[O-])cc1)c1ccc2c(c1)Cc1cc(C(=O)Nc3ccc([N+](=O)[O-])cc3)ccc1-2. The van der Waals surface area contributed by atoms with Gasteiger partial charge in [-0.25, -0.2) is 0 Å². The number of hydrogen-bond acceptors (Lipinski definition) is 6. The molecule has 10 heteroatoms. The van der Waals surface area contributed by atoms with Crippen LogP contribution in [0.1, 0.15) is 31.8 Å². The van der Waals surface area contributed by atoms with E-state index in [1.807, 2.05) is 12.1 Å². The largest absolute Gasteiger partial charge is 0.322 e. The smallest absolute Gasteiger partial charge is 0.269 e. The van der Waals surface area contributed by atoms with Crippen LogP contribution in [0.3, 0.4) is 0 Å². The van der Waals surface area contributed by atoms with Gasteiger partial charge in [0.1, 0.15) is 0 Å². The summed E-state index contributed by atoms with van der Waals surface area (Å²) in [4.78, 5) is 46.1. The number of carbonyl (C=O) groups excluding carboxylic acids is 2. The van der Waals surface area contributed by atoms with E-state index in [4.69, 9.17) is 0 Å². The van der Waals surface area contributed by atoms with Crippen LogP contribution in [0.5, 0.6) is 0 Å². The van der Waals surface area contributed by atoms with Crippen LogP contribution >= 0.6 is 0 Å². The fraction of sp³-hybridized carbons (Fsp3) is 0.0370. The van der Waals surface area contributed by atoms with Crippen molar-refractivity contribution in [1.29, 1.82) is 0 Å². The number of nitrogens with zero attached hydrogens (tertiary/aromatic N) is 2. The summed E-state index contributed by atoms with van der Waals surface area (Å²) in [5, 5.41) is 27.1. The number of nitro groups is 2. The van der Waals surface area contributed by atoms with Crippen LogP contribution in [0.2, 0.25) is 0 Å². The molecule has 0 saturated heterocycles. The summed E-state index contributed by atoms with van der Waals surface area (Å²) in [6.07, 6.45) is 0.544. The first-order valence-electron chi connectivity index (χ1n) is 11.2. The number of carbonyl (C=O) groups is 2. The zero-order valence-corrected chi connectivity index (χ0v) is 19.1. The monoisotopic (exact) mass is 494 g/mol. The lowest BCUT2D eigenvalue weighted by atomic mass is 10.0. The van der Waals surface area contributed by atoms with Gasteiger partial charge in [0.25, 0.3) is 23.2 Å². The van der Waals surface area contributed by atoms with Crippen LogP contribution in [-0.4, -0.2) is 21.7 Å². The standard InChI is InChI=1S/C27H18N4O6/c32-26(28-20-3-7-22(8-4-20)30(34)35)16-1-11-24-18(13-16)15-19-14-17(2-12-25(19)24)27(33)29-21-5-9-23(10-6-21)31(36)37/h1-14H,15H2,(H,28,32)(H,29,33). The Morgan fingerprint density at radius 1 is 0.595 bits per heavy atom. The molecule has 0 spiro atoms. The molecule has 0 bridgehead atoms. The predicted octanol–water partition coefficient (Wildman–Crippen LogP) is 5.58. The van der Waals surface area contributed by atoms with Crippen LogP contribution in [0.4, 0.5) is 22.7 Å². The second-order valence-electron chi connectivity index (χ2n) is 8.44. The first-order chi connectivity index (χ1) is 17.8. The van der Waals surface area contributed by atoms with Gasteiger partial charge in [0.2, 0.25) is 0 Å². The summed E-state index contributed by atoms with van der Waals surface area (Å²) in [6, 6.07) is 21.9. The third kappa shape index (κ3) is 4.76. The number of hydrogen-bond donors (Lipinski definition) is 2. The lowest BCUT2D eigenvalue weighted by Crippen LogP contribution is -2.12. The van der Waals surface area contributed by atoms with Crippen LogP contribution in [0, 0.1) is 20.2 Å². The second-order valence-corrected chi connectivity index (χ2v) is 8.44. The van der Waals surface area contributed by atoms with Crippen molar-refractivity contribution in [3.63, 3.8) is 0 Å². The molecule has 0 saturated carbocycles. The highest BCUT2D eigenvalue weighted by Gasteiger charge is 2.22. The van der Waals surface area contributed by atoms with E-state index in [1.165, 1.54) is 48.5 Å². The molecule has 4 aromatic carbocycles. The van der Waals surface area contributed by atoms with E-state index in [1.54, 1.807) is 24.3 Å². The van der Waals surface area contributed by atoms with Crippen LogP contribution in [0.25, 0.3) is 11.1 Å². The van der Waals surface area contributed by atoms with Crippen molar-refractivity contribution in [3.8, 4) is 11.1 Å². The Kier molecular flexibility index (Phi) is 5.90. The van der Waals surface area contributed by atoms with Gasteiger partial charge in [0.15, 0.2) is 0 Å². The first-order valence-corrected chi connectivity index (χ1v) is 11.2.